The normalized spacial score (nSPS) is 27.2. The van der Waals surface area contributed by atoms with E-state index in [1.165, 1.54) is 5.56 Å². The minimum Gasteiger partial charge on any atom is -0.322 e. The van der Waals surface area contributed by atoms with Crippen LogP contribution in [-0.4, -0.2) is 23.1 Å². The van der Waals surface area contributed by atoms with Crippen molar-refractivity contribution in [3.63, 3.8) is 0 Å². The van der Waals surface area contributed by atoms with Gasteiger partial charge in [0.2, 0.25) is 5.91 Å². The van der Waals surface area contributed by atoms with E-state index in [0.717, 1.165) is 24.3 Å². The predicted molar refractivity (Wildman–Crippen MR) is 91.1 cm³/mol. The molecule has 0 N–H and O–H groups in total. The molecule has 2 aromatic rings. The van der Waals surface area contributed by atoms with Gasteiger partial charge in [-0.25, -0.2) is 0 Å². The summed E-state index contributed by atoms with van der Waals surface area (Å²) in [6.45, 7) is 0.852. The molecule has 2 aromatic carbocycles. The summed E-state index contributed by atoms with van der Waals surface area (Å²) < 4.78 is 0. The van der Waals surface area contributed by atoms with E-state index in [1.54, 1.807) is 0 Å². The summed E-state index contributed by atoms with van der Waals surface area (Å²) in [5.74, 6) is 1.21. The Bertz CT molecular complexity index is 703. The lowest BCUT2D eigenvalue weighted by Crippen LogP contribution is -2.67. The third-order valence-corrected chi connectivity index (χ3v) is 6.42. The number of thioether (sulfide) groups is 1. The summed E-state index contributed by atoms with van der Waals surface area (Å²) in [5, 5.41) is 0.706. The highest BCUT2D eigenvalue weighted by atomic mass is 35.5. The number of rotatable bonds is 2. The smallest absolute Gasteiger partial charge is 0.235 e. The van der Waals surface area contributed by atoms with Crippen LogP contribution in [0.1, 0.15) is 23.5 Å². The maximum Gasteiger partial charge on any atom is 0.235 e. The van der Waals surface area contributed by atoms with E-state index in [2.05, 4.69) is 29.2 Å². The van der Waals surface area contributed by atoms with Gasteiger partial charge in [0.15, 0.2) is 0 Å². The summed E-state index contributed by atoms with van der Waals surface area (Å²) in [6, 6.07) is 18.1. The second-order valence-corrected chi connectivity index (χ2v) is 7.49. The van der Waals surface area contributed by atoms with Gasteiger partial charge in [-0.1, -0.05) is 54.1 Å². The van der Waals surface area contributed by atoms with Crippen molar-refractivity contribution in [3.05, 3.63) is 70.7 Å². The molecule has 2 saturated heterocycles. The standard InChI is InChI=1S/C18H16ClNOS/c19-15-9-7-13(8-10-15)16-17(21)20-11-4-12-22-18(16,20)14-5-2-1-3-6-14/h1-3,5-10,16H,4,11-12H2. The van der Waals surface area contributed by atoms with E-state index in [-0.39, 0.29) is 16.7 Å². The molecule has 1 amide bonds. The van der Waals surface area contributed by atoms with E-state index < -0.39 is 0 Å². The molecule has 0 aromatic heterocycles. The highest BCUT2D eigenvalue weighted by Gasteiger charge is 2.62. The topological polar surface area (TPSA) is 20.3 Å². The third kappa shape index (κ3) is 1.92. The molecule has 2 unspecified atom stereocenters. The lowest BCUT2D eigenvalue weighted by molar-refractivity contribution is -0.154. The number of benzene rings is 2. The Kier molecular flexibility index (Phi) is 3.43. The number of halogens is 1. The van der Waals surface area contributed by atoms with E-state index >= 15 is 0 Å². The van der Waals surface area contributed by atoms with Crippen LogP contribution in [0, 0.1) is 0 Å². The van der Waals surface area contributed by atoms with Gasteiger partial charge in [-0.3, -0.25) is 4.79 Å². The van der Waals surface area contributed by atoms with Crippen molar-refractivity contribution in [1.29, 1.82) is 0 Å². The molecule has 2 fully saturated rings. The molecule has 0 bridgehead atoms. The first kappa shape index (κ1) is 14.2. The number of nitrogens with zero attached hydrogens (tertiary/aromatic N) is 1. The molecule has 4 rings (SSSR count). The van der Waals surface area contributed by atoms with Crippen molar-refractivity contribution in [2.75, 3.05) is 12.3 Å². The molecular formula is C18H16ClNOS. The molecule has 0 aliphatic carbocycles. The number of hydrogen-bond acceptors (Lipinski definition) is 2. The van der Waals surface area contributed by atoms with Gasteiger partial charge in [-0.15, -0.1) is 11.8 Å². The van der Waals surface area contributed by atoms with Crippen molar-refractivity contribution >= 4 is 29.3 Å². The Hall–Kier alpha value is -1.45. The number of carbonyl (C=O) groups is 1. The van der Waals surface area contributed by atoms with Gasteiger partial charge < -0.3 is 4.90 Å². The van der Waals surface area contributed by atoms with E-state index in [0.29, 0.717) is 5.02 Å². The molecule has 2 nitrogen and oxygen atoms in total. The van der Waals surface area contributed by atoms with Gasteiger partial charge in [-0.2, -0.15) is 0 Å². The fourth-order valence-electron chi connectivity index (χ4n) is 3.57. The van der Waals surface area contributed by atoms with E-state index in [9.17, 15) is 4.79 Å². The first-order chi connectivity index (χ1) is 10.7. The van der Waals surface area contributed by atoms with Gasteiger partial charge >= 0.3 is 0 Å². The van der Waals surface area contributed by atoms with Crippen molar-refractivity contribution in [2.45, 2.75) is 17.2 Å². The minimum absolute atomic E-state index is 0.113. The van der Waals surface area contributed by atoms with Crippen LogP contribution in [0.5, 0.6) is 0 Å². The van der Waals surface area contributed by atoms with Gasteiger partial charge in [0, 0.05) is 11.6 Å². The molecule has 0 radical (unpaired) electrons. The Labute approximate surface area is 139 Å². The number of fused-ring (bicyclic) bond motifs is 1. The fourth-order valence-corrected chi connectivity index (χ4v) is 5.33. The van der Waals surface area contributed by atoms with Crippen LogP contribution in [-0.2, 0) is 9.67 Å². The van der Waals surface area contributed by atoms with Crippen molar-refractivity contribution in [1.82, 2.24) is 4.90 Å². The number of amides is 1. The molecule has 22 heavy (non-hydrogen) atoms. The molecule has 112 valence electrons. The molecule has 0 saturated carbocycles. The van der Waals surface area contributed by atoms with Crippen LogP contribution in [0.15, 0.2) is 54.6 Å². The lowest BCUT2D eigenvalue weighted by Gasteiger charge is -2.59. The van der Waals surface area contributed by atoms with Crippen LogP contribution in [0.4, 0.5) is 0 Å². The Morgan fingerprint density at radius 3 is 2.55 bits per heavy atom. The minimum atomic E-state index is -0.246. The fraction of sp³-hybridized carbons (Fsp3) is 0.278. The highest BCUT2D eigenvalue weighted by Crippen LogP contribution is 2.60. The van der Waals surface area contributed by atoms with Crippen LogP contribution < -0.4 is 0 Å². The summed E-state index contributed by atoms with van der Waals surface area (Å²) in [6.07, 6.45) is 1.07. The zero-order valence-electron chi connectivity index (χ0n) is 12.0. The molecule has 2 heterocycles. The molecular weight excluding hydrogens is 314 g/mol. The Morgan fingerprint density at radius 2 is 1.82 bits per heavy atom. The van der Waals surface area contributed by atoms with Crippen LogP contribution in [0.25, 0.3) is 0 Å². The molecule has 0 spiro atoms. The maximum atomic E-state index is 12.7. The average molecular weight is 330 g/mol. The lowest BCUT2D eigenvalue weighted by atomic mass is 9.76. The van der Waals surface area contributed by atoms with Gasteiger partial charge in [-0.05, 0) is 35.4 Å². The predicted octanol–water partition coefficient (Wildman–Crippen LogP) is 4.26. The zero-order valence-corrected chi connectivity index (χ0v) is 13.6. The molecule has 2 aliphatic rings. The first-order valence-corrected chi connectivity index (χ1v) is 8.86. The van der Waals surface area contributed by atoms with Crippen molar-refractivity contribution in [2.24, 2.45) is 0 Å². The first-order valence-electron chi connectivity index (χ1n) is 7.50. The Balaban J connectivity index is 1.83. The van der Waals surface area contributed by atoms with Crippen molar-refractivity contribution < 1.29 is 4.79 Å². The monoisotopic (exact) mass is 329 g/mol. The van der Waals surface area contributed by atoms with Crippen LogP contribution in [0.3, 0.4) is 0 Å². The largest absolute Gasteiger partial charge is 0.322 e. The summed E-state index contributed by atoms with van der Waals surface area (Å²) in [4.78, 5) is 14.5. The molecule has 4 heteroatoms. The zero-order chi connectivity index (χ0) is 15.2. The third-order valence-electron chi connectivity index (χ3n) is 4.54. The molecule has 2 atom stereocenters. The summed E-state index contributed by atoms with van der Waals surface area (Å²) >= 11 is 7.90. The van der Waals surface area contributed by atoms with Crippen molar-refractivity contribution in [3.8, 4) is 0 Å². The van der Waals surface area contributed by atoms with Gasteiger partial charge in [0.25, 0.3) is 0 Å². The summed E-state index contributed by atoms with van der Waals surface area (Å²) in [7, 11) is 0. The number of carbonyl (C=O) groups excluding carboxylic acids is 1. The number of β-lactam (4-membered cyclic amide) rings is 1. The van der Waals surface area contributed by atoms with Crippen LogP contribution >= 0.6 is 23.4 Å². The average Bonchev–Trinajstić information content (AvgIpc) is 2.57. The van der Waals surface area contributed by atoms with E-state index in [4.69, 9.17) is 11.6 Å². The Morgan fingerprint density at radius 1 is 1.09 bits per heavy atom. The van der Waals surface area contributed by atoms with Gasteiger partial charge in [0.1, 0.15) is 10.8 Å². The second-order valence-electron chi connectivity index (χ2n) is 5.74. The van der Waals surface area contributed by atoms with E-state index in [1.807, 2.05) is 42.1 Å². The molecule has 2 aliphatic heterocycles. The second kappa shape index (κ2) is 5.32. The maximum absolute atomic E-state index is 12.7. The SMILES string of the molecule is O=C1C(c2ccc(Cl)cc2)C2(c3ccccc3)SCCCN12. The highest BCUT2D eigenvalue weighted by molar-refractivity contribution is 8.00. The number of hydrogen-bond donors (Lipinski definition) is 0. The quantitative estimate of drug-likeness (QED) is 0.767. The van der Waals surface area contributed by atoms with Gasteiger partial charge in [0.05, 0.1) is 0 Å². The summed E-state index contributed by atoms with van der Waals surface area (Å²) in [5.41, 5.74) is 2.28. The van der Waals surface area contributed by atoms with Crippen LogP contribution in [0.2, 0.25) is 5.02 Å².